The minimum atomic E-state index is -0.938. The van der Waals surface area contributed by atoms with Gasteiger partial charge in [-0.25, -0.2) is 4.79 Å². The molecule has 0 atom stereocenters. The van der Waals surface area contributed by atoms with Crippen molar-refractivity contribution in [3.8, 4) is 10.4 Å². The summed E-state index contributed by atoms with van der Waals surface area (Å²) in [6, 6.07) is 24.3. The molecule has 3 aromatic carbocycles. The molecule has 0 aliphatic rings. The van der Waals surface area contributed by atoms with Crippen molar-refractivity contribution in [2.75, 3.05) is 0 Å². The maximum absolute atomic E-state index is 12.2. The molecule has 28 heavy (non-hydrogen) atoms. The maximum atomic E-state index is 12.2. The average molecular weight is 384 g/mol. The lowest BCUT2D eigenvalue weighted by Crippen LogP contribution is -1.95. The molecule has 0 saturated carbocycles. The van der Waals surface area contributed by atoms with Gasteiger partial charge in [0.1, 0.15) is 0 Å². The van der Waals surface area contributed by atoms with Crippen LogP contribution in [0.15, 0.2) is 83.7 Å². The molecule has 0 saturated heterocycles. The lowest BCUT2D eigenvalue weighted by atomic mass is 10.0. The molecule has 1 heterocycles. The quantitative estimate of drug-likeness (QED) is 0.453. The van der Waals surface area contributed by atoms with Gasteiger partial charge >= 0.3 is 5.97 Å². The largest absolute Gasteiger partial charge is 0.478 e. The van der Waals surface area contributed by atoms with E-state index in [0.29, 0.717) is 0 Å². The number of benzene rings is 3. The van der Waals surface area contributed by atoms with Gasteiger partial charge < -0.3 is 5.11 Å². The van der Waals surface area contributed by atoms with Crippen molar-refractivity contribution in [3.63, 3.8) is 0 Å². The molecule has 0 aliphatic heterocycles. The molecule has 0 amide bonds. The summed E-state index contributed by atoms with van der Waals surface area (Å²) < 4.78 is 0.0248. The zero-order chi connectivity index (χ0) is 19.5. The maximum Gasteiger partial charge on any atom is 0.335 e. The first kappa shape index (κ1) is 17.9. The molecule has 1 aromatic heterocycles. The standard InChI is InChI=1S/C24H16O3S/c25-22-15-19-6-2-4-8-21(19)23(28-22)20-7-3-1-5-17(20)12-9-16-10-13-18(14-11-16)24(26)27/h1-15H,(H,26,27). The highest BCUT2D eigenvalue weighted by Gasteiger charge is 2.09. The van der Waals surface area contributed by atoms with Crippen molar-refractivity contribution in [2.45, 2.75) is 0 Å². The molecule has 0 fully saturated rings. The van der Waals surface area contributed by atoms with Crippen LogP contribution in [-0.2, 0) is 0 Å². The van der Waals surface area contributed by atoms with E-state index in [0.717, 1.165) is 32.3 Å². The third-order valence-electron chi connectivity index (χ3n) is 4.50. The summed E-state index contributed by atoms with van der Waals surface area (Å²) in [5.41, 5.74) is 3.17. The zero-order valence-electron chi connectivity index (χ0n) is 14.8. The van der Waals surface area contributed by atoms with Crippen molar-refractivity contribution in [2.24, 2.45) is 0 Å². The molecule has 4 aromatic rings. The monoisotopic (exact) mass is 384 g/mol. The van der Waals surface area contributed by atoms with Gasteiger partial charge in [-0.15, -0.1) is 0 Å². The van der Waals surface area contributed by atoms with Crippen LogP contribution in [0.1, 0.15) is 21.5 Å². The summed E-state index contributed by atoms with van der Waals surface area (Å²) in [7, 11) is 0. The van der Waals surface area contributed by atoms with Gasteiger partial charge in [0.2, 0.25) is 4.74 Å². The van der Waals surface area contributed by atoms with Crippen LogP contribution in [0.25, 0.3) is 33.4 Å². The molecule has 4 rings (SSSR count). The summed E-state index contributed by atoms with van der Waals surface area (Å²) in [5, 5.41) is 11.0. The van der Waals surface area contributed by atoms with Crippen LogP contribution in [0.5, 0.6) is 0 Å². The lowest BCUT2D eigenvalue weighted by Gasteiger charge is -2.09. The molecule has 0 radical (unpaired) electrons. The number of hydrogen-bond donors (Lipinski definition) is 1. The van der Waals surface area contributed by atoms with E-state index < -0.39 is 5.97 Å². The topological polar surface area (TPSA) is 54.4 Å². The fourth-order valence-electron chi connectivity index (χ4n) is 3.11. The van der Waals surface area contributed by atoms with Crippen molar-refractivity contribution in [1.82, 2.24) is 0 Å². The molecule has 4 heteroatoms. The second-order valence-electron chi connectivity index (χ2n) is 6.33. The van der Waals surface area contributed by atoms with Crippen LogP contribution in [0.4, 0.5) is 0 Å². The minimum absolute atomic E-state index is 0.0248. The molecule has 0 aliphatic carbocycles. The fourth-order valence-corrected chi connectivity index (χ4v) is 4.09. The van der Waals surface area contributed by atoms with E-state index >= 15 is 0 Å². The third kappa shape index (κ3) is 3.63. The van der Waals surface area contributed by atoms with Crippen LogP contribution < -0.4 is 4.74 Å². The summed E-state index contributed by atoms with van der Waals surface area (Å²) in [4.78, 5) is 24.1. The van der Waals surface area contributed by atoms with Gasteiger partial charge in [0, 0.05) is 10.9 Å². The molecule has 0 bridgehead atoms. The first-order valence-corrected chi connectivity index (χ1v) is 9.57. The van der Waals surface area contributed by atoms with Gasteiger partial charge in [-0.3, -0.25) is 4.79 Å². The fraction of sp³-hybridized carbons (Fsp3) is 0. The van der Waals surface area contributed by atoms with Crippen molar-refractivity contribution in [1.29, 1.82) is 0 Å². The summed E-state index contributed by atoms with van der Waals surface area (Å²) in [6.07, 6.45) is 3.93. The summed E-state index contributed by atoms with van der Waals surface area (Å²) in [5.74, 6) is -0.938. The summed E-state index contributed by atoms with van der Waals surface area (Å²) in [6.45, 7) is 0. The van der Waals surface area contributed by atoms with E-state index in [4.69, 9.17) is 5.11 Å². The molecule has 3 nitrogen and oxygen atoms in total. The summed E-state index contributed by atoms with van der Waals surface area (Å²) >= 11 is 1.25. The van der Waals surface area contributed by atoms with Gasteiger partial charge in [0.25, 0.3) is 0 Å². The van der Waals surface area contributed by atoms with Crippen LogP contribution in [0, 0.1) is 0 Å². The number of carboxylic acid groups (broad SMARTS) is 1. The predicted molar refractivity (Wildman–Crippen MR) is 116 cm³/mol. The number of carbonyl (C=O) groups is 1. The van der Waals surface area contributed by atoms with Crippen LogP contribution in [-0.4, -0.2) is 11.1 Å². The van der Waals surface area contributed by atoms with Gasteiger partial charge in [-0.05, 0) is 39.6 Å². The van der Waals surface area contributed by atoms with Crippen molar-refractivity contribution in [3.05, 3.63) is 105 Å². The highest BCUT2D eigenvalue weighted by Crippen LogP contribution is 2.33. The normalized spacial score (nSPS) is 11.1. The van der Waals surface area contributed by atoms with Gasteiger partial charge in [-0.1, -0.05) is 84.2 Å². The van der Waals surface area contributed by atoms with Crippen LogP contribution in [0.3, 0.4) is 0 Å². The van der Waals surface area contributed by atoms with E-state index in [1.807, 2.05) is 60.7 Å². The van der Waals surface area contributed by atoms with E-state index in [2.05, 4.69) is 0 Å². The number of hydrogen-bond acceptors (Lipinski definition) is 3. The van der Waals surface area contributed by atoms with Gasteiger partial charge in [-0.2, -0.15) is 0 Å². The Morgan fingerprint density at radius 3 is 2.36 bits per heavy atom. The molecule has 0 spiro atoms. The van der Waals surface area contributed by atoms with Crippen molar-refractivity contribution < 1.29 is 9.90 Å². The Labute approximate surface area is 165 Å². The predicted octanol–water partition coefficient (Wildman–Crippen LogP) is 5.80. The molecular weight excluding hydrogens is 368 g/mol. The highest BCUT2D eigenvalue weighted by molar-refractivity contribution is 7.13. The second kappa shape index (κ2) is 7.62. The first-order chi connectivity index (χ1) is 13.6. The number of fused-ring (bicyclic) bond motifs is 1. The first-order valence-electron chi connectivity index (χ1n) is 8.75. The van der Waals surface area contributed by atoms with E-state index in [1.165, 1.54) is 11.3 Å². The van der Waals surface area contributed by atoms with E-state index in [9.17, 15) is 9.59 Å². The smallest absolute Gasteiger partial charge is 0.335 e. The van der Waals surface area contributed by atoms with Crippen LogP contribution >= 0.6 is 11.3 Å². The Morgan fingerprint density at radius 2 is 1.57 bits per heavy atom. The Morgan fingerprint density at radius 1 is 0.857 bits per heavy atom. The Kier molecular flexibility index (Phi) is 4.87. The Bertz CT molecular complexity index is 1250. The second-order valence-corrected chi connectivity index (χ2v) is 7.34. The minimum Gasteiger partial charge on any atom is -0.478 e. The molecule has 136 valence electrons. The van der Waals surface area contributed by atoms with Crippen molar-refractivity contribution >= 4 is 40.2 Å². The van der Waals surface area contributed by atoms with Gasteiger partial charge in [0.15, 0.2) is 0 Å². The Hall–Kier alpha value is -3.50. The number of carboxylic acids is 1. The molecular formula is C24H16O3S. The van der Waals surface area contributed by atoms with Crippen LogP contribution in [0.2, 0.25) is 0 Å². The average Bonchev–Trinajstić information content (AvgIpc) is 2.72. The highest BCUT2D eigenvalue weighted by atomic mass is 32.1. The van der Waals surface area contributed by atoms with E-state index in [1.54, 1.807) is 30.3 Å². The van der Waals surface area contributed by atoms with Gasteiger partial charge in [0.05, 0.1) is 5.56 Å². The van der Waals surface area contributed by atoms with E-state index in [-0.39, 0.29) is 10.3 Å². The zero-order valence-corrected chi connectivity index (χ0v) is 15.6. The Balaban J connectivity index is 1.78. The number of aromatic carboxylic acids is 1. The number of rotatable bonds is 4. The third-order valence-corrected chi connectivity index (χ3v) is 5.46. The lowest BCUT2D eigenvalue weighted by molar-refractivity contribution is 0.0697. The molecule has 1 N–H and O–H groups in total. The SMILES string of the molecule is O=C(O)c1ccc(C=Cc2ccccc2-c2sc(=O)cc3ccccc23)cc1. The molecule has 0 unspecified atom stereocenters.